The first kappa shape index (κ1) is 25.9. The average molecular weight is 533 g/mol. The molecule has 0 aliphatic heterocycles. The first-order valence-electron chi connectivity index (χ1n) is 12.2. The maximum Gasteiger partial charge on any atom is 0.341 e. The minimum absolute atomic E-state index is 0.163. The van der Waals surface area contributed by atoms with Crippen LogP contribution < -0.4 is 5.32 Å². The molecular weight excluding hydrogens is 501 g/mol. The number of aromatic nitrogens is 3. The molecule has 4 rings (SSSR count). The van der Waals surface area contributed by atoms with Gasteiger partial charge in [0.2, 0.25) is 5.91 Å². The fourth-order valence-corrected chi connectivity index (χ4v) is 7.02. The molecule has 1 aliphatic rings. The number of amides is 1. The van der Waals surface area contributed by atoms with Crippen molar-refractivity contribution >= 4 is 51.3 Å². The van der Waals surface area contributed by atoms with Crippen molar-refractivity contribution in [2.45, 2.75) is 84.0 Å². The fourth-order valence-electron chi connectivity index (χ4n) is 4.15. The van der Waals surface area contributed by atoms with E-state index in [0.717, 1.165) is 67.2 Å². The second kappa shape index (κ2) is 11.7. The third-order valence-electron chi connectivity index (χ3n) is 5.73. The Labute approximate surface area is 218 Å². The standard InChI is InChI=1S/C25H32N4O3S3/c1-5-11-29-22(16-12-17(6-2)33-13-16)27-28-25(29)34-14-20(30)26-23-21(24(31)32-15(3)4)18-9-7-8-10-19(18)35-23/h12-13,15H,5-11,14H2,1-4H3,(H,26,30). The van der Waals surface area contributed by atoms with E-state index in [-0.39, 0.29) is 23.7 Å². The van der Waals surface area contributed by atoms with Gasteiger partial charge in [0.1, 0.15) is 5.00 Å². The SMILES string of the molecule is CCCn1c(SCC(=O)Nc2sc3c(c2C(=O)OC(C)C)CCCC3)nnc1-c1csc(CC)c1. The number of fused-ring (bicyclic) bond motifs is 1. The molecule has 7 nitrogen and oxygen atoms in total. The Kier molecular flexibility index (Phi) is 8.67. The van der Waals surface area contributed by atoms with Crippen LogP contribution in [-0.2, 0) is 35.3 Å². The van der Waals surface area contributed by atoms with E-state index in [2.05, 4.69) is 45.4 Å². The number of hydrogen-bond donors (Lipinski definition) is 1. The smallest absolute Gasteiger partial charge is 0.341 e. The lowest BCUT2D eigenvalue weighted by atomic mass is 9.95. The Morgan fingerprint density at radius 1 is 1.23 bits per heavy atom. The molecule has 0 saturated heterocycles. The maximum absolute atomic E-state index is 13.0. The van der Waals surface area contributed by atoms with E-state index in [1.165, 1.54) is 32.9 Å². The summed E-state index contributed by atoms with van der Waals surface area (Å²) in [4.78, 5) is 28.3. The predicted octanol–water partition coefficient (Wildman–Crippen LogP) is 6.22. The Hall–Kier alpha value is -2.17. The number of aryl methyl sites for hydroxylation is 2. The zero-order valence-electron chi connectivity index (χ0n) is 20.7. The van der Waals surface area contributed by atoms with Gasteiger partial charge >= 0.3 is 5.97 Å². The molecule has 0 unspecified atom stereocenters. The predicted molar refractivity (Wildman–Crippen MR) is 144 cm³/mol. The lowest BCUT2D eigenvalue weighted by Gasteiger charge is -2.14. The van der Waals surface area contributed by atoms with Gasteiger partial charge in [-0.1, -0.05) is 25.6 Å². The van der Waals surface area contributed by atoms with Gasteiger partial charge in [0.25, 0.3) is 0 Å². The number of hydrogen-bond acceptors (Lipinski definition) is 8. The average Bonchev–Trinajstić information content (AvgIpc) is 3.54. The number of nitrogens with zero attached hydrogens (tertiary/aromatic N) is 3. The molecule has 0 saturated carbocycles. The van der Waals surface area contributed by atoms with Gasteiger partial charge in [-0.3, -0.25) is 4.79 Å². The van der Waals surface area contributed by atoms with E-state index >= 15 is 0 Å². The molecule has 3 heterocycles. The summed E-state index contributed by atoms with van der Waals surface area (Å²) in [5.41, 5.74) is 2.66. The highest BCUT2D eigenvalue weighted by atomic mass is 32.2. The van der Waals surface area contributed by atoms with Crippen LogP contribution in [0.1, 0.15) is 72.6 Å². The number of thiophene rings is 2. The van der Waals surface area contributed by atoms with E-state index in [1.807, 2.05) is 13.8 Å². The second-order valence-electron chi connectivity index (χ2n) is 8.82. The molecule has 3 aromatic heterocycles. The van der Waals surface area contributed by atoms with Crippen LogP contribution in [0, 0.1) is 0 Å². The molecule has 0 fully saturated rings. The molecule has 0 atom stereocenters. The van der Waals surface area contributed by atoms with Crippen LogP contribution in [0.2, 0.25) is 0 Å². The van der Waals surface area contributed by atoms with E-state index in [0.29, 0.717) is 10.6 Å². The lowest BCUT2D eigenvalue weighted by Crippen LogP contribution is -2.19. The van der Waals surface area contributed by atoms with Crippen LogP contribution >= 0.6 is 34.4 Å². The van der Waals surface area contributed by atoms with Crippen LogP contribution in [0.25, 0.3) is 11.4 Å². The summed E-state index contributed by atoms with van der Waals surface area (Å²) in [6.45, 7) is 8.72. The van der Waals surface area contributed by atoms with Crippen molar-refractivity contribution in [2.24, 2.45) is 0 Å². The topological polar surface area (TPSA) is 86.1 Å². The number of ether oxygens (including phenoxy) is 1. The van der Waals surface area contributed by atoms with Crippen LogP contribution in [0.15, 0.2) is 16.6 Å². The fraction of sp³-hybridized carbons (Fsp3) is 0.520. The second-order valence-corrected chi connectivity index (χ2v) is 11.9. The number of carbonyl (C=O) groups excluding carboxylic acids is 2. The minimum Gasteiger partial charge on any atom is -0.459 e. The van der Waals surface area contributed by atoms with Gasteiger partial charge in [-0.2, -0.15) is 0 Å². The Bertz CT molecular complexity index is 1190. The third kappa shape index (κ3) is 5.98. The van der Waals surface area contributed by atoms with E-state index in [4.69, 9.17) is 4.74 Å². The molecule has 10 heteroatoms. The van der Waals surface area contributed by atoms with Gasteiger partial charge in [-0.05, 0) is 64.0 Å². The normalized spacial score (nSPS) is 13.2. The molecule has 1 amide bonds. The summed E-state index contributed by atoms with van der Waals surface area (Å²) >= 11 is 4.61. The maximum atomic E-state index is 13.0. The van der Waals surface area contributed by atoms with E-state index in [9.17, 15) is 9.59 Å². The first-order chi connectivity index (χ1) is 16.9. The van der Waals surface area contributed by atoms with Crippen molar-refractivity contribution in [2.75, 3.05) is 11.1 Å². The van der Waals surface area contributed by atoms with Crippen molar-refractivity contribution < 1.29 is 14.3 Å². The molecule has 1 N–H and O–H groups in total. The van der Waals surface area contributed by atoms with Gasteiger partial charge < -0.3 is 14.6 Å². The number of esters is 1. The molecule has 3 aromatic rings. The molecule has 0 spiro atoms. The van der Waals surface area contributed by atoms with Crippen molar-refractivity contribution in [3.63, 3.8) is 0 Å². The first-order valence-corrected chi connectivity index (χ1v) is 14.9. The Morgan fingerprint density at radius 3 is 2.74 bits per heavy atom. The highest BCUT2D eigenvalue weighted by Gasteiger charge is 2.28. The lowest BCUT2D eigenvalue weighted by molar-refractivity contribution is -0.113. The largest absolute Gasteiger partial charge is 0.459 e. The summed E-state index contributed by atoms with van der Waals surface area (Å²) < 4.78 is 7.59. The monoisotopic (exact) mass is 532 g/mol. The molecular formula is C25H32N4O3S3. The third-order valence-corrected chi connectivity index (χ3v) is 8.98. The summed E-state index contributed by atoms with van der Waals surface area (Å²) in [6.07, 6.45) is 5.67. The van der Waals surface area contributed by atoms with Crippen molar-refractivity contribution in [1.29, 1.82) is 0 Å². The number of carbonyl (C=O) groups is 2. The quantitative estimate of drug-likeness (QED) is 0.247. The Balaban J connectivity index is 1.49. The van der Waals surface area contributed by atoms with Crippen LogP contribution in [0.3, 0.4) is 0 Å². The molecule has 35 heavy (non-hydrogen) atoms. The van der Waals surface area contributed by atoms with Gasteiger partial charge in [0.05, 0.1) is 17.4 Å². The molecule has 188 valence electrons. The van der Waals surface area contributed by atoms with E-state index in [1.54, 1.807) is 11.3 Å². The van der Waals surface area contributed by atoms with Crippen LogP contribution in [-0.4, -0.2) is 38.5 Å². The molecule has 0 aromatic carbocycles. The summed E-state index contributed by atoms with van der Waals surface area (Å²) in [7, 11) is 0. The summed E-state index contributed by atoms with van der Waals surface area (Å²) in [5, 5.41) is 15.3. The molecule has 1 aliphatic carbocycles. The van der Waals surface area contributed by atoms with Crippen molar-refractivity contribution in [3.8, 4) is 11.4 Å². The van der Waals surface area contributed by atoms with Gasteiger partial charge in [-0.25, -0.2) is 4.79 Å². The van der Waals surface area contributed by atoms with Crippen molar-refractivity contribution in [1.82, 2.24) is 14.8 Å². The van der Waals surface area contributed by atoms with Crippen molar-refractivity contribution in [3.05, 3.63) is 32.3 Å². The zero-order chi connectivity index (χ0) is 24.9. The van der Waals surface area contributed by atoms with Gasteiger partial charge in [-0.15, -0.1) is 32.9 Å². The Morgan fingerprint density at radius 2 is 2.03 bits per heavy atom. The number of rotatable bonds is 10. The van der Waals surface area contributed by atoms with Gasteiger partial charge in [0.15, 0.2) is 11.0 Å². The molecule has 0 bridgehead atoms. The zero-order valence-corrected chi connectivity index (χ0v) is 23.1. The van der Waals surface area contributed by atoms with Crippen LogP contribution in [0.5, 0.6) is 0 Å². The summed E-state index contributed by atoms with van der Waals surface area (Å²) in [6, 6.07) is 2.17. The highest BCUT2D eigenvalue weighted by molar-refractivity contribution is 7.99. The molecule has 0 radical (unpaired) electrons. The van der Waals surface area contributed by atoms with Crippen LogP contribution in [0.4, 0.5) is 5.00 Å². The summed E-state index contributed by atoms with van der Waals surface area (Å²) in [5.74, 6) is 0.517. The highest BCUT2D eigenvalue weighted by Crippen LogP contribution is 2.39. The number of nitrogens with one attached hydrogen (secondary N) is 1. The number of anilines is 1. The minimum atomic E-state index is -0.350. The number of thioether (sulfide) groups is 1. The van der Waals surface area contributed by atoms with Gasteiger partial charge in [0, 0.05) is 27.2 Å². The van der Waals surface area contributed by atoms with E-state index < -0.39 is 0 Å².